The van der Waals surface area contributed by atoms with Crippen LogP contribution < -0.4 is 0 Å². The lowest BCUT2D eigenvalue weighted by Gasteiger charge is -2.32. The summed E-state index contributed by atoms with van der Waals surface area (Å²) in [4.78, 5) is 16.1. The molecule has 130 valence electrons. The maximum atomic E-state index is 5.66. The van der Waals surface area contributed by atoms with Crippen LogP contribution in [0.4, 0.5) is 0 Å². The fourth-order valence-electron chi connectivity index (χ4n) is 3.37. The second kappa shape index (κ2) is 6.51. The van der Waals surface area contributed by atoms with Crippen LogP contribution in [0.5, 0.6) is 0 Å². The van der Waals surface area contributed by atoms with Crippen LogP contribution in [0, 0.1) is 0 Å². The van der Waals surface area contributed by atoms with Crippen LogP contribution in [0.3, 0.4) is 0 Å². The third-order valence-corrected chi connectivity index (χ3v) is 5.56. The number of hydrogen-bond donors (Lipinski definition) is 1. The molecule has 1 aliphatic heterocycles. The van der Waals surface area contributed by atoms with Crippen LogP contribution in [0.2, 0.25) is 0 Å². The predicted octanol–water partition coefficient (Wildman–Crippen LogP) is 3.82. The van der Waals surface area contributed by atoms with Gasteiger partial charge in [-0.3, -0.25) is 4.90 Å². The van der Waals surface area contributed by atoms with E-state index in [9.17, 15) is 0 Å². The first-order valence-corrected chi connectivity index (χ1v) is 9.41. The number of imidazole rings is 1. The minimum atomic E-state index is 0.0258. The molecule has 0 saturated carbocycles. The van der Waals surface area contributed by atoms with Crippen LogP contribution in [-0.2, 0) is 19.5 Å². The van der Waals surface area contributed by atoms with Gasteiger partial charge in [0.1, 0.15) is 0 Å². The van der Waals surface area contributed by atoms with Gasteiger partial charge in [0, 0.05) is 30.0 Å². The third-order valence-electron chi connectivity index (χ3n) is 4.69. The molecule has 7 heteroatoms. The highest BCUT2D eigenvalue weighted by Gasteiger charge is 2.33. The summed E-state index contributed by atoms with van der Waals surface area (Å²) in [6, 6.07) is 14.2. The molecule has 0 bridgehead atoms. The Morgan fingerprint density at radius 1 is 1.19 bits per heavy atom. The van der Waals surface area contributed by atoms with Crippen LogP contribution in [0.15, 0.2) is 58.7 Å². The second-order valence-electron chi connectivity index (χ2n) is 6.35. The van der Waals surface area contributed by atoms with Gasteiger partial charge in [0.05, 0.1) is 23.8 Å². The zero-order valence-corrected chi connectivity index (χ0v) is 14.8. The summed E-state index contributed by atoms with van der Waals surface area (Å²) in [5, 5.41) is 6.31. The topological polar surface area (TPSA) is 70.8 Å². The van der Waals surface area contributed by atoms with E-state index in [0.717, 1.165) is 30.8 Å². The van der Waals surface area contributed by atoms with E-state index >= 15 is 0 Å². The summed E-state index contributed by atoms with van der Waals surface area (Å²) in [5.74, 6) is 1.28. The molecule has 6 nitrogen and oxygen atoms in total. The number of rotatable bonds is 4. The molecular weight excluding hydrogens is 346 g/mol. The molecule has 26 heavy (non-hydrogen) atoms. The highest BCUT2D eigenvalue weighted by Crippen LogP contribution is 2.33. The Bertz CT molecular complexity index is 992. The normalized spacial score (nSPS) is 17.3. The Kier molecular flexibility index (Phi) is 3.88. The first kappa shape index (κ1) is 15.5. The number of aromatic nitrogens is 4. The van der Waals surface area contributed by atoms with E-state index in [-0.39, 0.29) is 6.04 Å². The Morgan fingerprint density at radius 3 is 2.96 bits per heavy atom. The molecule has 1 N–H and O–H groups in total. The van der Waals surface area contributed by atoms with E-state index in [1.54, 1.807) is 17.7 Å². The van der Waals surface area contributed by atoms with Gasteiger partial charge in [-0.1, -0.05) is 41.6 Å². The maximum Gasteiger partial charge on any atom is 0.244 e. The molecule has 0 radical (unpaired) electrons. The number of hydrogen-bond acceptors (Lipinski definition) is 6. The largest absolute Gasteiger partial charge is 0.347 e. The van der Waals surface area contributed by atoms with Gasteiger partial charge in [0.25, 0.3) is 0 Å². The van der Waals surface area contributed by atoms with Gasteiger partial charge in [-0.05, 0) is 11.4 Å². The molecule has 4 aromatic rings. The molecule has 0 fully saturated rings. The van der Waals surface area contributed by atoms with E-state index < -0.39 is 0 Å². The highest BCUT2D eigenvalue weighted by atomic mass is 32.1. The first-order chi connectivity index (χ1) is 12.9. The number of nitrogens with one attached hydrogen (secondary N) is 1. The fourth-order valence-corrected chi connectivity index (χ4v) is 4.10. The number of fused-ring (bicyclic) bond motifs is 1. The lowest BCUT2D eigenvalue weighted by Crippen LogP contribution is -2.34. The second-order valence-corrected chi connectivity index (χ2v) is 7.39. The number of benzene rings is 1. The van der Waals surface area contributed by atoms with E-state index in [1.807, 2.05) is 30.3 Å². The van der Waals surface area contributed by atoms with E-state index in [2.05, 4.69) is 42.5 Å². The number of nitrogens with zero attached hydrogens (tertiary/aromatic N) is 4. The summed E-state index contributed by atoms with van der Waals surface area (Å²) in [7, 11) is 0. The van der Waals surface area contributed by atoms with Gasteiger partial charge >= 0.3 is 0 Å². The lowest BCUT2D eigenvalue weighted by atomic mass is 10.0. The van der Waals surface area contributed by atoms with Crippen molar-refractivity contribution in [1.29, 1.82) is 0 Å². The molecular formula is C19H17N5OS. The molecule has 0 amide bonds. The molecule has 1 aromatic carbocycles. The third kappa shape index (κ3) is 2.85. The Morgan fingerprint density at radius 2 is 2.12 bits per heavy atom. The van der Waals surface area contributed by atoms with Gasteiger partial charge in [-0.25, -0.2) is 4.98 Å². The van der Waals surface area contributed by atoms with Crippen LogP contribution >= 0.6 is 11.3 Å². The van der Waals surface area contributed by atoms with Gasteiger partial charge in [0.2, 0.25) is 11.7 Å². The number of H-pyrrole nitrogens is 1. The van der Waals surface area contributed by atoms with Crippen molar-refractivity contribution in [2.75, 3.05) is 0 Å². The van der Waals surface area contributed by atoms with Gasteiger partial charge in [-0.2, -0.15) is 4.98 Å². The molecule has 0 spiro atoms. The molecule has 5 rings (SSSR count). The summed E-state index contributed by atoms with van der Waals surface area (Å²) in [5.41, 5.74) is 3.21. The van der Waals surface area contributed by atoms with Crippen LogP contribution in [-0.4, -0.2) is 25.0 Å². The van der Waals surface area contributed by atoms with Crippen molar-refractivity contribution in [3.8, 4) is 11.4 Å². The molecule has 0 aliphatic carbocycles. The SMILES string of the molecule is c1ccc(-c2noc([C@@H]3Cc4nc[nH]c4CN3Cc3cccs3)n2)cc1. The van der Waals surface area contributed by atoms with Gasteiger partial charge in [0.15, 0.2) is 0 Å². The van der Waals surface area contributed by atoms with Crippen molar-refractivity contribution in [3.63, 3.8) is 0 Å². The number of thiophene rings is 1. The van der Waals surface area contributed by atoms with Crippen molar-refractivity contribution in [1.82, 2.24) is 25.0 Å². The Hall–Kier alpha value is -2.77. The summed E-state index contributed by atoms with van der Waals surface area (Å²) >= 11 is 1.77. The van der Waals surface area contributed by atoms with Gasteiger partial charge < -0.3 is 9.51 Å². The average Bonchev–Trinajstić information content (AvgIpc) is 3.43. The van der Waals surface area contributed by atoms with Crippen molar-refractivity contribution < 1.29 is 4.52 Å². The fraction of sp³-hybridized carbons (Fsp3) is 0.211. The molecule has 0 unspecified atom stereocenters. The smallest absolute Gasteiger partial charge is 0.244 e. The van der Waals surface area contributed by atoms with Crippen molar-refractivity contribution in [2.24, 2.45) is 0 Å². The van der Waals surface area contributed by atoms with Crippen molar-refractivity contribution in [2.45, 2.75) is 25.6 Å². The predicted molar refractivity (Wildman–Crippen MR) is 98.3 cm³/mol. The van der Waals surface area contributed by atoms with Crippen molar-refractivity contribution >= 4 is 11.3 Å². The Balaban J connectivity index is 1.48. The Labute approximate surface area is 154 Å². The van der Waals surface area contributed by atoms with E-state index in [1.165, 1.54) is 10.6 Å². The molecule has 1 aliphatic rings. The minimum Gasteiger partial charge on any atom is -0.347 e. The first-order valence-electron chi connectivity index (χ1n) is 8.53. The molecule has 3 aromatic heterocycles. The minimum absolute atomic E-state index is 0.0258. The lowest BCUT2D eigenvalue weighted by molar-refractivity contribution is 0.129. The zero-order chi connectivity index (χ0) is 17.3. The summed E-state index contributed by atoms with van der Waals surface area (Å²) in [6.07, 6.45) is 2.53. The van der Waals surface area contributed by atoms with Crippen LogP contribution in [0.1, 0.15) is 28.2 Å². The highest BCUT2D eigenvalue weighted by molar-refractivity contribution is 7.09. The van der Waals surface area contributed by atoms with Gasteiger partial charge in [-0.15, -0.1) is 11.3 Å². The molecule has 1 atom stereocenters. The van der Waals surface area contributed by atoms with Crippen molar-refractivity contribution in [3.05, 3.63) is 76.3 Å². The standard InChI is InChI=1S/C19H17N5OS/c1-2-5-13(6-3-1)18-22-19(25-23-18)17-9-15-16(21-12-20-15)11-24(17)10-14-7-4-8-26-14/h1-8,12,17H,9-11H2,(H,20,21)/t17-/m0/s1. The number of aromatic amines is 1. The molecule has 4 heterocycles. The monoisotopic (exact) mass is 363 g/mol. The van der Waals surface area contributed by atoms with E-state index in [0.29, 0.717) is 11.7 Å². The zero-order valence-electron chi connectivity index (χ0n) is 14.0. The van der Waals surface area contributed by atoms with Crippen LogP contribution in [0.25, 0.3) is 11.4 Å². The van der Waals surface area contributed by atoms with E-state index in [4.69, 9.17) is 4.52 Å². The average molecular weight is 363 g/mol. The summed E-state index contributed by atoms with van der Waals surface area (Å²) in [6.45, 7) is 1.64. The quantitative estimate of drug-likeness (QED) is 0.597. The molecule has 0 saturated heterocycles. The maximum absolute atomic E-state index is 5.66. The summed E-state index contributed by atoms with van der Waals surface area (Å²) < 4.78 is 5.66.